The number of nitro benzene ring substituents is 2. The zero-order valence-electron chi connectivity index (χ0n) is 16.0. The van der Waals surface area contributed by atoms with E-state index in [2.05, 4.69) is 4.99 Å². The van der Waals surface area contributed by atoms with Crippen LogP contribution in [-0.4, -0.2) is 16.1 Å². The summed E-state index contributed by atoms with van der Waals surface area (Å²) < 4.78 is 5.72. The molecule has 0 aliphatic carbocycles. The minimum Gasteiger partial charge on any atom is -0.449 e. The highest BCUT2D eigenvalue weighted by molar-refractivity contribution is 6.30. The van der Waals surface area contributed by atoms with Crippen LogP contribution in [0.3, 0.4) is 0 Å². The minimum absolute atomic E-state index is 0.130. The van der Waals surface area contributed by atoms with Crippen molar-refractivity contribution in [2.45, 2.75) is 13.8 Å². The van der Waals surface area contributed by atoms with Crippen LogP contribution in [0.5, 0.6) is 11.5 Å². The number of aliphatic imine (C=N–C) groups is 1. The second-order valence-electron chi connectivity index (χ2n) is 6.50. The van der Waals surface area contributed by atoms with Crippen molar-refractivity contribution in [1.82, 2.24) is 0 Å². The Morgan fingerprint density at radius 2 is 1.67 bits per heavy atom. The van der Waals surface area contributed by atoms with Gasteiger partial charge in [-0.15, -0.1) is 0 Å². The molecule has 3 aromatic rings. The molecule has 0 spiro atoms. The number of hydrogen-bond donors (Lipinski definition) is 0. The first-order valence-corrected chi connectivity index (χ1v) is 9.14. The molecule has 0 aliphatic heterocycles. The molecular weight excluding hydrogens is 410 g/mol. The van der Waals surface area contributed by atoms with Crippen molar-refractivity contribution in [1.29, 1.82) is 0 Å². The molecule has 0 bridgehead atoms. The fraction of sp³-hybridized carbons (Fsp3) is 0.0952. The van der Waals surface area contributed by atoms with E-state index in [0.29, 0.717) is 10.6 Å². The fourth-order valence-electron chi connectivity index (χ4n) is 2.68. The number of non-ortho nitro benzene ring substituents is 1. The SMILES string of the molecule is Cc1ccc(C)c(N=Cc2cc(Cl)ccc2Oc2ccc([N+](=O)[O-])cc2[N+](=O)[O-])c1. The van der Waals surface area contributed by atoms with Gasteiger partial charge >= 0.3 is 5.69 Å². The first-order valence-electron chi connectivity index (χ1n) is 8.76. The minimum atomic E-state index is -0.734. The van der Waals surface area contributed by atoms with Gasteiger partial charge < -0.3 is 4.74 Å². The van der Waals surface area contributed by atoms with E-state index in [9.17, 15) is 20.2 Å². The van der Waals surface area contributed by atoms with E-state index in [0.717, 1.165) is 28.9 Å². The van der Waals surface area contributed by atoms with E-state index in [1.807, 2.05) is 32.0 Å². The summed E-state index contributed by atoms with van der Waals surface area (Å²) >= 11 is 6.09. The number of nitrogens with zero attached hydrogens (tertiary/aromatic N) is 3. The second kappa shape index (κ2) is 8.71. The van der Waals surface area contributed by atoms with Crippen molar-refractivity contribution in [2.24, 2.45) is 4.99 Å². The number of halogens is 1. The van der Waals surface area contributed by atoms with Crippen molar-refractivity contribution >= 4 is 34.9 Å². The standard InChI is InChI=1S/C21H16ClN3O5/c1-13-3-4-14(2)18(9-13)23-12-15-10-16(22)5-7-20(15)30-21-8-6-17(24(26)27)11-19(21)25(28)29/h3-12H,1-2H3. The highest BCUT2D eigenvalue weighted by Gasteiger charge is 2.22. The molecule has 0 aliphatic rings. The summed E-state index contributed by atoms with van der Waals surface area (Å²) in [4.78, 5) is 25.3. The van der Waals surface area contributed by atoms with Crippen LogP contribution in [0.25, 0.3) is 0 Å². The van der Waals surface area contributed by atoms with Gasteiger partial charge in [0.25, 0.3) is 5.69 Å². The molecule has 0 amide bonds. The molecule has 0 heterocycles. The molecule has 9 heteroatoms. The lowest BCUT2D eigenvalue weighted by molar-refractivity contribution is -0.394. The zero-order valence-corrected chi connectivity index (χ0v) is 16.8. The second-order valence-corrected chi connectivity index (χ2v) is 6.94. The molecule has 0 saturated heterocycles. The van der Waals surface area contributed by atoms with Crippen molar-refractivity contribution < 1.29 is 14.6 Å². The Bertz CT molecular complexity index is 1180. The van der Waals surface area contributed by atoms with Gasteiger partial charge in [0.15, 0.2) is 0 Å². The average molecular weight is 426 g/mol. The van der Waals surface area contributed by atoms with E-state index in [4.69, 9.17) is 16.3 Å². The quantitative estimate of drug-likeness (QED) is 0.261. The van der Waals surface area contributed by atoms with Crippen LogP contribution in [0.2, 0.25) is 5.02 Å². The molecule has 0 aromatic heterocycles. The van der Waals surface area contributed by atoms with Gasteiger partial charge in [-0.1, -0.05) is 23.7 Å². The predicted molar refractivity (Wildman–Crippen MR) is 114 cm³/mol. The summed E-state index contributed by atoms with van der Waals surface area (Å²) in [6.07, 6.45) is 1.56. The highest BCUT2D eigenvalue weighted by atomic mass is 35.5. The molecule has 3 rings (SSSR count). The summed E-state index contributed by atoms with van der Waals surface area (Å²) in [6, 6.07) is 13.8. The Balaban J connectivity index is 2.00. The third-order valence-corrected chi connectivity index (χ3v) is 4.48. The molecule has 0 saturated carbocycles. The monoisotopic (exact) mass is 425 g/mol. The lowest BCUT2D eigenvalue weighted by Gasteiger charge is -2.10. The maximum absolute atomic E-state index is 11.4. The lowest BCUT2D eigenvalue weighted by atomic mass is 10.1. The van der Waals surface area contributed by atoms with Gasteiger partial charge in [-0.05, 0) is 55.3 Å². The van der Waals surface area contributed by atoms with Crippen LogP contribution in [0, 0.1) is 34.1 Å². The Hall–Kier alpha value is -3.78. The van der Waals surface area contributed by atoms with Crippen LogP contribution in [-0.2, 0) is 0 Å². The predicted octanol–water partition coefficient (Wildman–Crippen LogP) is 6.32. The number of hydrogen-bond acceptors (Lipinski definition) is 6. The van der Waals surface area contributed by atoms with E-state index in [1.165, 1.54) is 6.07 Å². The topological polar surface area (TPSA) is 108 Å². The van der Waals surface area contributed by atoms with Gasteiger partial charge in [0.05, 0.1) is 21.6 Å². The van der Waals surface area contributed by atoms with E-state index in [1.54, 1.807) is 24.4 Å². The van der Waals surface area contributed by atoms with E-state index in [-0.39, 0.29) is 11.5 Å². The van der Waals surface area contributed by atoms with Crippen LogP contribution in [0.15, 0.2) is 59.6 Å². The maximum atomic E-state index is 11.4. The third-order valence-electron chi connectivity index (χ3n) is 4.25. The van der Waals surface area contributed by atoms with E-state index < -0.39 is 21.2 Å². The lowest BCUT2D eigenvalue weighted by Crippen LogP contribution is -1.97. The molecule has 0 unspecified atom stereocenters. The van der Waals surface area contributed by atoms with Crippen LogP contribution in [0.4, 0.5) is 17.1 Å². The Labute approximate surface area is 176 Å². The van der Waals surface area contributed by atoms with E-state index >= 15 is 0 Å². The van der Waals surface area contributed by atoms with Crippen molar-refractivity contribution in [3.05, 3.63) is 96.5 Å². The number of benzene rings is 3. The van der Waals surface area contributed by atoms with Crippen molar-refractivity contribution in [3.63, 3.8) is 0 Å². The molecule has 0 radical (unpaired) electrons. The number of aryl methyl sites for hydroxylation is 2. The van der Waals surface area contributed by atoms with Crippen molar-refractivity contribution in [3.8, 4) is 11.5 Å². The maximum Gasteiger partial charge on any atom is 0.318 e. The Morgan fingerprint density at radius 1 is 0.933 bits per heavy atom. The number of ether oxygens (including phenoxy) is 1. The molecule has 3 aromatic carbocycles. The largest absolute Gasteiger partial charge is 0.449 e. The molecule has 30 heavy (non-hydrogen) atoms. The smallest absolute Gasteiger partial charge is 0.318 e. The molecule has 0 fully saturated rings. The van der Waals surface area contributed by atoms with Crippen LogP contribution < -0.4 is 4.74 Å². The summed E-state index contributed by atoms with van der Waals surface area (Å²) in [5.74, 6) is 0.139. The summed E-state index contributed by atoms with van der Waals surface area (Å²) in [5.41, 5.74) is 2.38. The van der Waals surface area contributed by atoms with Gasteiger partial charge in [-0.3, -0.25) is 25.2 Å². The highest BCUT2D eigenvalue weighted by Crippen LogP contribution is 2.36. The van der Waals surface area contributed by atoms with Crippen molar-refractivity contribution in [2.75, 3.05) is 0 Å². The Morgan fingerprint density at radius 3 is 2.37 bits per heavy atom. The van der Waals surface area contributed by atoms with Gasteiger partial charge in [-0.2, -0.15) is 0 Å². The third kappa shape index (κ3) is 4.79. The number of nitro groups is 2. The van der Waals surface area contributed by atoms with Gasteiger partial charge in [-0.25, -0.2) is 0 Å². The van der Waals surface area contributed by atoms with Crippen LogP contribution >= 0.6 is 11.6 Å². The van der Waals surface area contributed by atoms with Gasteiger partial charge in [0, 0.05) is 22.9 Å². The molecule has 8 nitrogen and oxygen atoms in total. The Kier molecular flexibility index (Phi) is 6.08. The fourth-order valence-corrected chi connectivity index (χ4v) is 2.86. The summed E-state index contributed by atoms with van der Waals surface area (Å²) in [6.45, 7) is 3.89. The summed E-state index contributed by atoms with van der Waals surface area (Å²) in [7, 11) is 0. The first kappa shape index (κ1) is 20.9. The zero-order chi connectivity index (χ0) is 21.8. The average Bonchev–Trinajstić information content (AvgIpc) is 2.70. The van der Waals surface area contributed by atoms with Gasteiger partial charge in [0.1, 0.15) is 5.75 Å². The van der Waals surface area contributed by atoms with Crippen LogP contribution in [0.1, 0.15) is 16.7 Å². The normalized spacial score (nSPS) is 10.9. The first-order chi connectivity index (χ1) is 14.2. The number of rotatable bonds is 6. The molecule has 0 N–H and O–H groups in total. The molecular formula is C21H16ClN3O5. The molecule has 0 atom stereocenters. The van der Waals surface area contributed by atoms with Gasteiger partial charge in [0.2, 0.25) is 5.75 Å². The molecule has 152 valence electrons. The summed E-state index contributed by atoms with van der Waals surface area (Å²) in [5, 5.41) is 22.7.